The SMILES string of the molecule is CCCC1CCC(c2ccc(-c3cc(F)c(OC=CC(F)F)c(F)c3)c(F)c2)CC1. The molecule has 6 heteroatoms. The molecular weight excluding hydrogens is 399 g/mol. The summed E-state index contributed by atoms with van der Waals surface area (Å²) in [5.74, 6) is -2.50. The third kappa shape index (κ3) is 5.41. The van der Waals surface area contributed by atoms with E-state index < -0.39 is 29.6 Å². The fourth-order valence-corrected chi connectivity index (χ4v) is 4.21. The van der Waals surface area contributed by atoms with Gasteiger partial charge in [0.05, 0.1) is 6.26 Å². The zero-order valence-corrected chi connectivity index (χ0v) is 16.8. The standard InChI is InChI=1S/C24H25F5O/c1-2-3-15-4-6-16(7-5-15)17-8-9-19(20(25)12-17)18-13-21(26)24(22(27)14-18)30-11-10-23(28)29/h8-16,23H,2-7H2,1H3. The van der Waals surface area contributed by atoms with Gasteiger partial charge in [0.1, 0.15) is 5.82 Å². The number of allylic oxidation sites excluding steroid dienone is 1. The average molecular weight is 424 g/mol. The summed E-state index contributed by atoms with van der Waals surface area (Å²) >= 11 is 0. The largest absolute Gasteiger partial charge is 0.459 e. The Hall–Kier alpha value is -2.37. The molecule has 0 aromatic heterocycles. The molecule has 2 aromatic carbocycles. The van der Waals surface area contributed by atoms with Crippen LogP contribution in [0.3, 0.4) is 0 Å². The fraction of sp³-hybridized carbons (Fsp3) is 0.417. The minimum atomic E-state index is -2.80. The van der Waals surface area contributed by atoms with Gasteiger partial charge in [-0.25, -0.2) is 22.0 Å². The lowest BCUT2D eigenvalue weighted by molar-refractivity contribution is 0.200. The third-order valence-corrected chi connectivity index (χ3v) is 5.73. The molecule has 3 rings (SSSR count). The molecule has 0 N–H and O–H groups in total. The van der Waals surface area contributed by atoms with Crippen molar-refractivity contribution in [2.45, 2.75) is 57.8 Å². The lowest BCUT2D eigenvalue weighted by atomic mass is 9.77. The molecule has 0 unspecified atom stereocenters. The van der Waals surface area contributed by atoms with Crippen LogP contribution in [0.4, 0.5) is 22.0 Å². The van der Waals surface area contributed by atoms with E-state index in [1.807, 2.05) is 6.07 Å². The van der Waals surface area contributed by atoms with Gasteiger partial charge in [-0.15, -0.1) is 0 Å². The molecular formula is C24H25F5O. The van der Waals surface area contributed by atoms with Crippen molar-refractivity contribution < 1.29 is 26.7 Å². The van der Waals surface area contributed by atoms with Crippen LogP contribution in [0.25, 0.3) is 11.1 Å². The van der Waals surface area contributed by atoms with E-state index >= 15 is 0 Å². The Balaban J connectivity index is 1.77. The molecule has 1 saturated carbocycles. The van der Waals surface area contributed by atoms with E-state index in [4.69, 9.17) is 0 Å². The highest BCUT2D eigenvalue weighted by molar-refractivity contribution is 5.66. The van der Waals surface area contributed by atoms with Crippen LogP contribution in [0.2, 0.25) is 0 Å². The first-order chi connectivity index (χ1) is 14.4. The molecule has 0 radical (unpaired) electrons. The Labute approximate surface area is 173 Å². The quantitative estimate of drug-likeness (QED) is 0.323. The van der Waals surface area contributed by atoms with Gasteiger partial charge in [0.25, 0.3) is 6.43 Å². The Kier molecular flexibility index (Phi) is 7.51. The maximum absolute atomic E-state index is 14.8. The summed E-state index contributed by atoms with van der Waals surface area (Å²) in [4.78, 5) is 0. The van der Waals surface area contributed by atoms with Gasteiger partial charge in [-0.2, -0.15) is 0 Å². The van der Waals surface area contributed by atoms with Gasteiger partial charge < -0.3 is 4.74 Å². The van der Waals surface area contributed by atoms with Crippen molar-refractivity contribution in [2.75, 3.05) is 0 Å². The molecule has 2 aromatic rings. The number of hydrogen-bond acceptors (Lipinski definition) is 1. The van der Waals surface area contributed by atoms with Crippen molar-refractivity contribution in [3.8, 4) is 16.9 Å². The number of alkyl halides is 2. The first kappa shape index (κ1) is 22.3. The van der Waals surface area contributed by atoms with Crippen molar-refractivity contribution >= 4 is 0 Å². The lowest BCUT2D eigenvalue weighted by Gasteiger charge is -2.28. The van der Waals surface area contributed by atoms with Crippen molar-refractivity contribution in [1.29, 1.82) is 0 Å². The van der Waals surface area contributed by atoms with Crippen LogP contribution in [0.1, 0.15) is 56.9 Å². The van der Waals surface area contributed by atoms with Gasteiger partial charge in [0, 0.05) is 11.6 Å². The van der Waals surface area contributed by atoms with Gasteiger partial charge in [-0.05, 0) is 66.8 Å². The number of halogens is 5. The highest BCUT2D eigenvalue weighted by atomic mass is 19.3. The normalized spacial score (nSPS) is 19.6. The van der Waals surface area contributed by atoms with Crippen LogP contribution < -0.4 is 4.74 Å². The monoisotopic (exact) mass is 424 g/mol. The first-order valence-electron chi connectivity index (χ1n) is 10.3. The average Bonchev–Trinajstić information content (AvgIpc) is 2.70. The molecule has 1 fully saturated rings. The number of rotatable bonds is 7. The summed E-state index contributed by atoms with van der Waals surface area (Å²) in [6.45, 7) is 2.19. The summed E-state index contributed by atoms with van der Waals surface area (Å²) in [5, 5.41) is 0. The van der Waals surface area contributed by atoms with Crippen LogP contribution in [-0.2, 0) is 0 Å². The number of hydrogen-bond donors (Lipinski definition) is 0. The van der Waals surface area contributed by atoms with Crippen molar-refractivity contribution in [3.05, 3.63) is 65.7 Å². The first-order valence-corrected chi connectivity index (χ1v) is 10.3. The van der Waals surface area contributed by atoms with Gasteiger partial charge in [0.2, 0.25) is 0 Å². The summed E-state index contributed by atoms with van der Waals surface area (Å²) in [5.41, 5.74) is 1.00. The summed E-state index contributed by atoms with van der Waals surface area (Å²) in [7, 11) is 0. The molecule has 0 atom stereocenters. The predicted octanol–water partition coefficient (Wildman–Crippen LogP) is 8.00. The lowest BCUT2D eigenvalue weighted by Crippen LogP contribution is -2.13. The minimum absolute atomic E-state index is 0.0193. The summed E-state index contributed by atoms with van der Waals surface area (Å²) in [6, 6.07) is 6.67. The zero-order chi connectivity index (χ0) is 21.7. The Morgan fingerprint density at radius 3 is 2.20 bits per heavy atom. The van der Waals surface area contributed by atoms with Crippen LogP contribution >= 0.6 is 0 Å². The van der Waals surface area contributed by atoms with Crippen LogP contribution in [0.15, 0.2) is 42.7 Å². The van der Waals surface area contributed by atoms with Crippen molar-refractivity contribution in [1.82, 2.24) is 0 Å². The van der Waals surface area contributed by atoms with Gasteiger partial charge in [0.15, 0.2) is 17.4 Å². The topological polar surface area (TPSA) is 9.23 Å². The van der Waals surface area contributed by atoms with Crippen molar-refractivity contribution in [3.63, 3.8) is 0 Å². The number of ether oxygens (including phenoxy) is 1. The molecule has 0 aliphatic heterocycles. The van der Waals surface area contributed by atoms with E-state index in [1.54, 1.807) is 0 Å². The number of benzene rings is 2. The predicted molar refractivity (Wildman–Crippen MR) is 107 cm³/mol. The van der Waals surface area contributed by atoms with E-state index in [2.05, 4.69) is 11.7 Å². The van der Waals surface area contributed by atoms with Gasteiger partial charge in [-0.3, -0.25) is 0 Å². The molecule has 0 spiro atoms. The maximum atomic E-state index is 14.8. The molecule has 162 valence electrons. The second-order valence-electron chi connectivity index (χ2n) is 7.80. The van der Waals surface area contributed by atoms with E-state index in [0.29, 0.717) is 18.3 Å². The van der Waals surface area contributed by atoms with Crippen LogP contribution in [-0.4, -0.2) is 6.43 Å². The molecule has 1 aliphatic rings. The van der Waals surface area contributed by atoms with Gasteiger partial charge >= 0.3 is 0 Å². The summed E-state index contributed by atoms with van der Waals surface area (Å²) < 4.78 is 72.0. The Morgan fingerprint density at radius 1 is 0.967 bits per heavy atom. The Bertz CT molecular complexity index is 862. The van der Waals surface area contributed by atoms with Gasteiger partial charge in [-0.1, -0.05) is 31.9 Å². The molecule has 1 aliphatic carbocycles. The summed E-state index contributed by atoms with van der Waals surface area (Å²) in [6.07, 6.45) is 4.81. The minimum Gasteiger partial charge on any atom is -0.459 e. The molecule has 0 heterocycles. The van der Waals surface area contributed by atoms with Crippen LogP contribution in [0, 0.1) is 23.4 Å². The smallest absolute Gasteiger partial charge is 0.260 e. The molecule has 1 nitrogen and oxygen atoms in total. The van der Waals surface area contributed by atoms with E-state index in [1.165, 1.54) is 25.0 Å². The highest BCUT2D eigenvalue weighted by Crippen LogP contribution is 2.39. The molecule has 0 amide bonds. The fourth-order valence-electron chi connectivity index (χ4n) is 4.21. The maximum Gasteiger partial charge on any atom is 0.260 e. The van der Waals surface area contributed by atoms with Crippen LogP contribution in [0.5, 0.6) is 5.75 Å². The van der Waals surface area contributed by atoms with E-state index in [0.717, 1.165) is 49.3 Å². The van der Waals surface area contributed by atoms with E-state index in [-0.39, 0.29) is 11.1 Å². The second-order valence-corrected chi connectivity index (χ2v) is 7.80. The Morgan fingerprint density at radius 2 is 1.63 bits per heavy atom. The third-order valence-electron chi connectivity index (χ3n) is 5.73. The zero-order valence-electron chi connectivity index (χ0n) is 16.8. The molecule has 0 saturated heterocycles. The molecule has 30 heavy (non-hydrogen) atoms. The second kappa shape index (κ2) is 10.1. The van der Waals surface area contributed by atoms with E-state index in [9.17, 15) is 22.0 Å². The molecule has 0 bridgehead atoms. The van der Waals surface area contributed by atoms with Crippen molar-refractivity contribution in [2.24, 2.45) is 5.92 Å². The highest BCUT2D eigenvalue weighted by Gasteiger charge is 2.23.